The average Bonchev–Trinajstić information content (AvgIpc) is 3.35. The van der Waals surface area contributed by atoms with Gasteiger partial charge in [-0.3, -0.25) is 0 Å². The molecule has 2 aliphatic heterocycles. The lowest BCUT2D eigenvalue weighted by Gasteiger charge is -2.36. The second-order valence-electron chi connectivity index (χ2n) is 10.2. The van der Waals surface area contributed by atoms with Crippen molar-refractivity contribution in [3.05, 3.63) is 152 Å². The van der Waals surface area contributed by atoms with Crippen molar-refractivity contribution in [2.45, 2.75) is 0 Å². The summed E-state index contributed by atoms with van der Waals surface area (Å²) in [6, 6.07) is 54.7. The van der Waals surface area contributed by atoms with Crippen molar-refractivity contribution in [1.29, 1.82) is 0 Å². The first kappa shape index (κ1) is 22.0. The van der Waals surface area contributed by atoms with Gasteiger partial charge in [-0.15, -0.1) is 0 Å². The molecule has 2 heterocycles. The van der Waals surface area contributed by atoms with Crippen LogP contribution >= 0.6 is 0 Å². The molecule has 0 radical (unpaired) electrons. The number of rotatable bonds is 4. The fourth-order valence-corrected chi connectivity index (χ4v) is 6.45. The molecule has 39 heavy (non-hydrogen) atoms. The van der Waals surface area contributed by atoms with Gasteiger partial charge in [-0.1, -0.05) is 96.5 Å². The summed E-state index contributed by atoms with van der Waals surface area (Å²) in [5.74, 6) is 0. The van der Waals surface area contributed by atoms with Gasteiger partial charge in [0.1, 0.15) is 0 Å². The fourth-order valence-electron chi connectivity index (χ4n) is 6.45. The van der Waals surface area contributed by atoms with Crippen LogP contribution in [-0.2, 0) is 0 Å². The second-order valence-corrected chi connectivity index (χ2v) is 10.2. The van der Waals surface area contributed by atoms with Crippen molar-refractivity contribution >= 4 is 57.2 Å². The molecular weight excluding hydrogens is 471 g/mol. The molecule has 3 heteroatoms. The SMILES string of the molecule is c1ccc(N(c2ccccc2)c2ccc(N3c4ccccc4B4c5ccccc5-c5cccc3c54)cc2)cc1. The molecule has 6 aromatic carbocycles. The standard InChI is InChI=1S/C36H25BN2/c1-3-12-26(13-4-1)38(27-14-5-2-6-15-27)28-22-24-29(25-23-28)39-34-20-10-9-19-33(34)37-32-18-8-7-16-30(32)31-17-11-21-35(39)36(31)37/h1-25H. The smallest absolute Gasteiger partial charge is 0.248 e. The summed E-state index contributed by atoms with van der Waals surface area (Å²) >= 11 is 0. The van der Waals surface area contributed by atoms with Gasteiger partial charge < -0.3 is 9.80 Å². The van der Waals surface area contributed by atoms with Gasteiger partial charge in [0, 0.05) is 34.1 Å². The number of anilines is 6. The lowest BCUT2D eigenvalue weighted by Crippen LogP contribution is -2.54. The molecule has 0 bridgehead atoms. The van der Waals surface area contributed by atoms with E-state index in [4.69, 9.17) is 0 Å². The Balaban J connectivity index is 1.27. The van der Waals surface area contributed by atoms with Crippen LogP contribution in [0.5, 0.6) is 0 Å². The highest BCUT2D eigenvalue weighted by atomic mass is 15.2. The summed E-state index contributed by atoms with van der Waals surface area (Å²) in [6.45, 7) is 0.269. The van der Waals surface area contributed by atoms with Crippen LogP contribution in [-0.4, -0.2) is 6.71 Å². The highest BCUT2D eigenvalue weighted by Crippen LogP contribution is 2.41. The van der Waals surface area contributed by atoms with E-state index in [9.17, 15) is 0 Å². The van der Waals surface area contributed by atoms with Gasteiger partial charge in [-0.05, 0) is 82.7 Å². The molecule has 0 amide bonds. The molecule has 0 unspecified atom stereocenters. The van der Waals surface area contributed by atoms with E-state index >= 15 is 0 Å². The minimum atomic E-state index is 0.269. The quantitative estimate of drug-likeness (QED) is 0.234. The Bertz CT molecular complexity index is 1770. The molecule has 0 aromatic heterocycles. The van der Waals surface area contributed by atoms with Crippen molar-refractivity contribution < 1.29 is 0 Å². The van der Waals surface area contributed by atoms with Crippen LogP contribution in [0.4, 0.5) is 34.1 Å². The summed E-state index contributed by atoms with van der Waals surface area (Å²) in [5.41, 5.74) is 14.0. The first-order valence-corrected chi connectivity index (χ1v) is 13.5. The Morgan fingerprint density at radius 3 is 1.67 bits per heavy atom. The predicted molar refractivity (Wildman–Crippen MR) is 166 cm³/mol. The number of hydrogen-bond acceptors (Lipinski definition) is 2. The number of benzene rings is 6. The Kier molecular flexibility index (Phi) is 4.96. The lowest BCUT2D eigenvalue weighted by atomic mass is 9.37. The highest BCUT2D eigenvalue weighted by Gasteiger charge is 2.41. The summed E-state index contributed by atoms with van der Waals surface area (Å²) < 4.78 is 0. The summed E-state index contributed by atoms with van der Waals surface area (Å²) in [6.07, 6.45) is 0. The van der Waals surface area contributed by atoms with Gasteiger partial charge in [0.2, 0.25) is 6.71 Å². The molecule has 0 saturated heterocycles. The molecule has 2 nitrogen and oxygen atoms in total. The van der Waals surface area contributed by atoms with Crippen LogP contribution in [0.25, 0.3) is 11.1 Å². The zero-order chi connectivity index (χ0) is 25.8. The molecule has 182 valence electrons. The molecular formula is C36H25BN2. The summed E-state index contributed by atoms with van der Waals surface area (Å²) in [5, 5.41) is 0. The first-order valence-electron chi connectivity index (χ1n) is 13.5. The van der Waals surface area contributed by atoms with Crippen LogP contribution in [0, 0.1) is 0 Å². The predicted octanol–water partition coefficient (Wildman–Crippen LogP) is 7.44. The van der Waals surface area contributed by atoms with E-state index in [1.807, 2.05) is 0 Å². The summed E-state index contributed by atoms with van der Waals surface area (Å²) in [7, 11) is 0. The van der Waals surface area contributed by atoms with Crippen LogP contribution in [0.1, 0.15) is 0 Å². The minimum Gasteiger partial charge on any atom is -0.311 e. The molecule has 0 spiro atoms. The largest absolute Gasteiger partial charge is 0.311 e. The van der Waals surface area contributed by atoms with E-state index in [-0.39, 0.29) is 6.71 Å². The van der Waals surface area contributed by atoms with Gasteiger partial charge in [0.25, 0.3) is 0 Å². The van der Waals surface area contributed by atoms with Crippen LogP contribution < -0.4 is 26.2 Å². The first-order chi connectivity index (χ1) is 19.4. The maximum atomic E-state index is 2.44. The van der Waals surface area contributed by atoms with E-state index in [0.29, 0.717) is 0 Å². The zero-order valence-electron chi connectivity index (χ0n) is 21.4. The third-order valence-corrected chi connectivity index (χ3v) is 8.06. The number of nitrogens with zero attached hydrogens (tertiary/aromatic N) is 2. The molecule has 0 fully saturated rings. The lowest BCUT2D eigenvalue weighted by molar-refractivity contribution is 1.26. The number of hydrogen-bond donors (Lipinski definition) is 0. The zero-order valence-corrected chi connectivity index (χ0v) is 21.4. The van der Waals surface area contributed by atoms with Crippen LogP contribution in [0.15, 0.2) is 152 Å². The average molecular weight is 496 g/mol. The molecule has 6 aromatic rings. The van der Waals surface area contributed by atoms with Crippen LogP contribution in [0.2, 0.25) is 0 Å². The van der Waals surface area contributed by atoms with E-state index in [1.54, 1.807) is 0 Å². The Labute approximate surface area is 229 Å². The van der Waals surface area contributed by atoms with Crippen molar-refractivity contribution in [3.63, 3.8) is 0 Å². The summed E-state index contributed by atoms with van der Waals surface area (Å²) in [4.78, 5) is 4.75. The third kappa shape index (κ3) is 3.37. The normalized spacial score (nSPS) is 12.5. The van der Waals surface area contributed by atoms with Crippen molar-refractivity contribution in [3.8, 4) is 11.1 Å². The molecule has 2 aliphatic rings. The number of para-hydroxylation sites is 3. The molecule has 0 saturated carbocycles. The van der Waals surface area contributed by atoms with Gasteiger partial charge in [0.15, 0.2) is 0 Å². The van der Waals surface area contributed by atoms with E-state index < -0.39 is 0 Å². The van der Waals surface area contributed by atoms with Gasteiger partial charge in [0.05, 0.1) is 0 Å². The van der Waals surface area contributed by atoms with Gasteiger partial charge >= 0.3 is 0 Å². The maximum Gasteiger partial charge on any atom is 0.248 e. The Morgan fingerprint density at radius 2 is 0.949 bits per heavy atom. The highest BCUT2D eigenvalue weighted by molar-refractivity contribution is 7.01. The molecule has 0 atom stereocenters. The second kappa shape index (κ2) is 8.78. The topological polar surface area (TPSA) is 6.48 Å². The van der Waals surface area contributed by atoms with Gasteiger partial charge in [-0.25, -0.2) is 0 Å². The van der Waals surface area contributed by atoms with E-state index in [0.717, 1.165) is 22.7 Å². The van der Waals surface area contributed by atoms with Crippen molar-refractivity contribution in [1.82, 2.24) is 0 Å². The monoisotopic (exact) mass is 496 g/mol. The molecule has 0 N–H and O–H groups in total. The van der Waals surface area contributed by atoms with Crippen LogP contribution in [0.3, 0.4) is 0 Å². The van der Waals surface area contributed by atoms with Gasteiger partial charge in [-0.2, -0.15) is 0 Å². The molecule has 8 rings (SSSR count). The molecule has 0 aliphatic carbocycles. The minimum absolute atomic E-state index is 0.269. The Hall–Kier alpha value is -5.02. The van der Waals surface area contributed by atoms with E-state index in [2.05, 4.69) is 161 Å². The number of fused-ring (bicyclic) bond motifs is 5. The maximum absolute atomic E-state index is 2.44. The van der Waals surface area contributed by atoms with E-state index in [1.165, 1.54) is 38.9 Å². The third-order valence-electron chi connectivity index (χ3n) is 8.06. The van der Waals surface area contributed by atoms with Crippen molar-refractivity contribution in [2.24, 2.45) is 0 Å². The fraction of sp³-hybridized carbons (Fsp3) is 0. The Morgan fingerprint density at radius 1 is 0.410 bits per heavy atom. The van der Waals surface area contributed by atoms with Crippen molar-refractivity contribution in [2.75, 3.05) is 9.80 Å².